The van der Waals surface area contributed by atoms with Gasteiger partial charge >= 0.3 is 12.1 Å². The van der Waals surface area contributed by atoms with Crippen LogP contribution in [0.1, 0.15) is 19.8 Å². The average molecular weight is 585 g/mol. The third-order valence-corrected chi connectivity index (χ3v) is 5.70. The summed E-state index contributed by atoms with van der Waals surface area (Å²) >= 11 is 0. The van der Waals surface area contributed by atoms with Crippen molar-refractivity contribution in [1.29, 1.82) is 0 Å². The van der Waals surface area contributed by atoms with Gasteiger partial charge in [0.2, 0.25) is 0 Å². The number of amides is 2. The Kier molecular flexibility index (Phi) is 16.1. The third-order valence-electron chi connectivity index (χ3n) is 5.70. The van der Waals surface area contributed by atoms with Gasteiger partial charge in [0.25, 0.3) is 5.91 Å². The summed E-state index contributed by atoms with van der Waals surface area (Å²) in [5.41, 5.74) is 0.211. The van der Waals surface area contributed by atoms with Crippen LogP contribution < -0.4 is 10.6 Å². The van der Waals surface area contributed by atoms with Gasteiger partial charge in [0, 0.05) is 18.7 Å². The lowest BCUT2D eigenvalue weighted by atomic mass is 9.98. The SMILES string of the molecule is C=C(C)C(=O)OCCOC(=O)NCCCCNC(=O)[C@H](O)[C@@H](O)[C@H](O[C@H]1O[C@H](CO)[C@@H](O)[C@H](O)[C@H]1O)[C@H](O)CO. The minimum absolute atomic E-state index is 0.0109. The van der Waals surface area contributed by atoms with Crippen LogP contribution in [-0.2, 0) is 28.5 Å². The Morgan fingerprint density at radius 3 is 2.10 bits per heavy atom. The van der Waals surface area contributed by atoms with Crippen LogP contribution in [0.15, 0.2) is 12.2 Å². The first-order valence-electron chi connectivity index (χ1n) is 12.5. The predicted octanol–water partition coefficient (Wildman–Crippen LogP) is -5.01. The van der Waals surface area contributed by atoms with E-state index in [2.05, 4.69) is 17.2 Å². The normalized spacial score (nSPS) is 25.7. The van der Waals surface area contributed by atoms with Crippen molar-refractivity contribution in [3.63, 3.8) is 0 Å². The molecule has 2 amide bonds. The minimum Gasteiger partial charge on any atom is -0.459 e. The molecule has 0 radical (unpaired) electrons. The molecule has 1 fully saturated rings. The van der Waals surface area contributed by atoms with E-state index in [1.54, 1.807) is 0 Å². The zero-order valence-electron chi connectivity index (χ0n) is 22.0. The Bertz CT molecular complexity index is 813. The maximum absolute atomic E-state index is 12.3. The number of ether oxygens (including phenoxy) is 4. The zero-order valence-corrected chi connectivity index (χ0v) is 22.0. The highest BCUT2D eigenvalue weighted by Gasteiger charge is 2.47. The molecular formula is C23H40N2O15. The van der Waals surface area contributed by atoms with Gasteiger partial charge in [0.15, 0.2) is 12.4 Å². The molecule has 10 N–H and O–H groups in total. The summed E-state index contributed by atoms with van der Waals surface area (Å²) in [5, 5.41) is 84.0. The number of nitrogens with one attached hydrogen (secondary N) is 2. The molecule has 0 aromatic carbocycles. The van der Waals surface area contributed by atoms with E-state index in [1.807, 2.05) is 0 Å². The molecule has 40 heavy (non-hydrogen) atoms. The van der Waals surface area contributed by atoms with E-state index in [0.29, 0.717) is 12.8 Å². The van der Waals surface area contributed by atoms with Gasteiger partial charge in [-0.2, -0.15) is 0 Å². The van der Waals surface area contributed by atoms with Crippen LogP contribution in [0.5, 0.6) is 0 Å². The molecule has 1 saturated heterocycles. The van der Waals surface area contributed by atoms with Crippen molar-refractivity contribution in [2.45, 2.75) is 74.9 Å². The van der Waals surface area contributed by atoms with Crippen molar-refractivity contribution in [1.82, 2.24) is 10.6 Å². The van der Waals surface area contributed by atoms with Crippen molar-refractivity contribution in [3.8, 4) is 0 Å². The highest BCUT2D eigenvalue weighted by atomic mass is 16.7. The Morgan fingerprint density at radius 2 is 1.52 bits per heavy atom. The first-order valence-corrected chi connectivity index (χ1v) is 12.5. The number of alkyl carbamates (subject to hydrolysis) is 1. The lowest BCUT2D eigenvalue weighted by Crippen LogP contribution is -2.62. The van der Waals surface area contributed by atoms with Crippen molar-refractivity contribution in [2.24, 2.45) is 0 Å². The molecule has 17 nitrogen and oxygen atoms in total. The van der Waals surface area contributed by atoms with Crippen LogP contribution in [-0.4, -0.2) is 153 Å². The number of carbonyl (C=O) groups is 3. The Hall–Kier alpha value is -2.45. The second-order valence-electron chi connectivity index (χ2n) is 8.96. The van der Waals surface area contributed by atoms with Gasteiger partial charge in [0.05, 0.1) is 13.2 Å². The van der Waals surface area contributed by atoms with Gasteiger partial charge < -0.3 is 70.4 Å². The van der Waals surface area contributed by atoms with E-state index in [1.165, 1.54) is 6.92 Å². The quantitative estimate of drug-likeness (QED) is 0.0435. The van der Waals surface area contributed by atoms with Crippen molar-refractivity contribution in [3.05, 3.63) is 12.2 Å². The number of carbonyl (C=O) groups excluding carboxylic acids is 3. The van der Waals surface area contributed by atoms with Crippen molar-refractivity contribution < 1.29 is 74.2 Å². The van der Waals surface area contributed by atoms with Gasteiger partial charge in [-0.15, -0.1) is 0 Å². The van der Waals surface area contributed by atoms with Crippen LogP contribution in [0.25, 0.3) is 0 Å². The van der Waals surface area contributed by atoms with Gasteiger partial charge in [-0.1, -0.05) is 6.58 Å². The summed E-state index contributed by atoms with van der Waals surface area (Å²) < 4.78 is 19.9. The number of esters is 1. The molecule has 1 rings (SSSR count). The minimum atomic E-state index is -2.18. The molecule has 9 atom stereocenters. The van der Waals surface area contributed by atoms with E-state index in [9.17, 15) is 55.2 Å². The zero-order chi connectivity index (χ0) is 30.4. The lowest BCUT2D eigenvalue weighted by Gasteiger charge is -2.42. The second-order valence-corrected chi connectivity index (χ2v) is 8.96. The molecule has 1 aliphatic rings. The molecular weight excluding hydrogens is 544 g/mol. The fourth-order valence-electron chi connectivity index (χ4n) is 3.37. The molecule has 0 aromatic heterocycles. The average Bonchev–Trinajstić information content (AvgIpc) is 2.93. The molecule has 0 spiro atoms. The fourth-order valence-corrected chi connectivity index (χ4v) is 3.37. The molecule has 0 aromatic rings. The van der Waals surface area contributed by atoms with Gasteiger partial charge in [-0.05, 0) is 19.8 Å². The van der Waals surface area contributed by atoms with E-state index in [-0.39, 0.29) is 31.9 Å². The Morgan fingerprint density at radius 1 is 0.925 bits per heavy atom. The van der Waals surface area contributed by atoms with Gasteiger partial charge in [0.1, 0.15) is 55.9 Å². The smallest absolute Gasteiger partial charge is 0.407 e. The van der Waals surface area contributed by atoms with E-state index in [0.717, 1.165) is 0 Å². The Balaban J connectivity index is 2.45. The largest absolute Gasteiger partial charge is 0.459 e. The highest BCUT2D eigenvalue weighted by molar-refractivity contribution is 5.86. The van der Waals surface area contributed by atoms with Crippen molar-refractivity contribution >= 4 is 18.0 Å². The molecule has 17 heteroatoms. The number of aliphatic hydroxyl groups is 8. The molecule has 0 aliphatic carbocycles. The van der Waals surface area contributed by atoms with Gasteiger partial charge in [-0.3, -0.25) is 4.79 Å². The Labute approximate surface area is 229 Å². The number of hydrogen-bond acceptors (Lipinski definition) is 15. The molecule has 0 unspecified atom stereocenters. The van der Waals surface area contributed by atoms with Crippen molar-refractivity contribution in [2.75, 3.05) is 39.5 Å². The summed E-state index contributed by atoms with van der Waals surface area (Å²) in [5.74, 6) is -1.68. The van der Waals surface area contributed by atoms with Crippen LogP contribution in [0.3, 0.4) is 0 Å². The predicted molar refractivity (Wildman–Crippen MR) is 131 cm³/mol. The summed E-state index contributed by atoms with van der Waals surface area (Å²) in [6, 6.07) is 0. The van der Waals surface area contributed by atoms with Crippen LogP contribution >= 0.6 is 0 Å². The van der Waals surface area contributed by atoms with Crippen LogP contribution in [0, 0.1) is 0 Å². The highest BCUT2D eigenvalue weighted by Crippen LogP contribution is 2.25. The number of hydrogen-bond donors (Lipinski definition) is 10. The molecule has 0 saturated carbocycles. The summed E-state index contributed by atoms with van der Waals surface area (Å²) in [6.07, 6.45) is -16.8. The first-order chi connectivity index (χ1) is 18.8. The van der Waals surface area contributed by atoms with Crippen LogP contribution in [0.2, 0.25) is 0 Å². The lowest BCUT2D eigenvalue weighted by molar-refractivity contribution is -0.326. The number of rotatable bonds is 17. The molecule has 1 heterocycles. The topological polar surface area (TPSA) is 274 Å². The van der Waals surface area contributed by atoms with E-state index < -0.39 is 86.3 Å². The van der Waals surface area contributed by atoms with E-state index >= 15 is 0 Å². The maximum Gasteiger partial charge on any atom is 0.407 e. The molecule has 232 valence electrons. The van der Waals surface area contributed by atoms with Crippen LogP contribution in [0.4, 0.5) is 4.79 Å². The summed E-state index contributed by atoms with van der Waals surface area (Å²) in [4.78, 5) is 35.1. The maximum atomic E-state index is 12.3. The third kappa shape index (κ3) is 11.2. The monoisotopic (exact) mass is 584 g/mol. The van der Waals surface area contributed by atoms with Gasteiger partial charge in [-0.25, -0.2) is 9.59 Å². The second kappa shape index (κ2) is 18.1. The summed E-state index contributed by atoms with van der Waals surface area (Å²) in [7, 11) is 0. The standard InChI is InChI=1S/C23H40N2O15/c1-11(2)21(35)37-7-8-38-23(36)25-6-4-3-5-24-20(34)17(32)16(31)19(12(28)9-26)40-22-18(33)15(30)14(29)13(10-27)39-22/h12-19,22,26-33H,1,3-10H2,2H3,(H,24,34)(H,25,36)/t12-,13-,14-,15+,16-,17-,18-,19-,22-/m1/s1. The molecule has 0 bridgehead atoms. The van der Waals surface area contributed by atoms with E-state index in [4.69, 9.17) is 18.9 Å². The summed E-state index contributed by atoms with van der Waals surface area (Å²) in [6.45, 7) is 2.99. The molecule has 1 aliphatic heterocycles. The number of unbranched alkanes of at least 4 members (excludes halogenated alkanes) is 1. The number of aliphatic hydroxyl groups excluding tert-OH is 8. The fraction of sp³-hybridized carbons (Fsp3) is 0.783. The first kappa shape index (κ1) is 35.6.